The Kier molecular flexibility index (Phi) is 5.49. The Morgan fingerprint density at radius 3 is 2.56 bits per heavy atom. The predicted octanol–water partition coefficient (Wildman–Crippen LogP) is 2.25. The third-order valence-electron chi connectivity index (χ3n) is 3.51. The molecular formula is C15H23NO2. The number of methoxy groups -OCH3 is 1. The number of nitrogens with one attached hydrogen (secondary N) is 1. The Balaban J connectivity index is 1.62. The normalized spacial score (nSPS) is 16.7. The highest BCUT2D eigenvalue weighted by molar-refractivity contribution is 5.27. The number of rotatable bonds is 6. The van der Waals surface area contributed by atoms with Crippen LogP contribution in [0.5, 0.6) is 5.75 Å². The van der Waals surface area contributed by atoms with Crippen LogP contribution in [0.15, 0.2) is 24.3 Å². The number of hydrogen-bond acceptors (Lipinski definition) is 3. The van der Waals surface area contributed by atoms with Gasteiger partial charge >= 0.3 is 0 Å². The summed E-state index contributed by atoms with van der Waals surface area (Å²) in [5, 5.41) is 3.37. The van der Waals surface area contributed by atoms with Crippen LogP contribution >= 0.6 is 0 Å². The van der Waals surface area contributed by atoms with E-state index in [4.69, 9.17) is 9.47 Å². The molecule has 1 aliphatic rings. The highest BCUT2D eigenvalue weighted by atomic mass is 16.5. The van der Waals surface area contributed by atoms with E-state index in [9.17, 15) is 0 Å². The van der Waals surface area contributed by atoms with Crippen LogP contribution < -0.4 is 10.1 Å². The van der Waals surface area contributed by atoms with Crippen LogP contribution in [-0.2, 0) is 11.2 Å². The Labute approximate surface area is 109 Å². The van der Waals surface area contributed by atoms with Crippen LogP contribution in [0.4, 0.5) is 0 Å². The first-order chi connectivity index (χ1) is 8.88. The second kappa shape index (κ2) is 7.39. The highest BCUT2D eigenvalue weighted by Gasteiger charge is 2.12. The zero-order valence-corrected chi connectivity index (χ0v) is 11.2. The van der Waals surface area contributed by atoms with Crippen molar-refractivity contribution in [2.45, 2.75) is 19.3 Å². The maximum atomic E-state index is 5.77. The van der Waals surface area contributed by atoms with Gasteiger partial charge in [0.25, 0.3) is 0 Å². The Hall–Kier alpha value is -1.06. The molecule has 2 rings (SSSR count). The fourth-order valence-corrected chi connectivity index (χ4v) is 2.28. The lowest BCUT2D eigenvalue weighted by Crippen LogP contribution is -2.30. The van der Waals surface area contributed by atoms with Crippen LogP contribution in [0, 0.1) is 5.92 Å². The van der Waals surface area contributed by atoms with Gasteiger partial charge in [-0.2, -0.15) is 0 Å². The van der Waals surface area contributed by atoms with Gasteiger partial charge in [0.2, 0.25) is 0 Å². The van der Waals surface area contributed by atoms with Crippen LogP contribution in [0.2, 0.25) is 0 Å². The molecule has 18 heavy (non-hydrogen) atoms. The molecule has 1 aromatic carbocycles. The maximum absolute atomic E-state index is 5.77. The van der Waals surface area contributed by atoms with Crippen molar-refractivity contribution >= 4 is 0 Å². The number of benzene rings is 1. The molecule has 1 fully saturated rings. The average Bonchev–Trinajstić information content (AvgIpc) is 2.45. The zero-order chi connectivity index (χ0) is 12.6. The number of ether oxygens (including phenoxy) is 2. The van der Waals surface area contributed by atoms with Crippen molar-refractivity contribution in [2.24, 2.45) is 5.92 Å². The third-order valence-corrected chi connectivity index (χ3v) is 3.51. The van der Waals surface area contributed by atoms with Gasteiger partial charge in [0.15, 0.2) is 0 Å². The summed E-state index contributed by atoms with van der Waals surface area (Å²) in [5.74, 6) is 1.66. The fourth-order valence-electron chi connectivity index (χ4n) is 2.28. The van der Waals surface area contributed by atoms with Crippen molar-refractivity contribution in [2.75, 3.05) is 33.4 Å². The first kappa shape index (κ1) is 13.4. The molecule has 0 unspecified atom stereocenters. The summed E-state index contributed by atoms with van der Waals surface area (Å²) in [7, 11) is 1.69. The Bertz CT molecular complexity index is 331. The molecule has 0 amide bonds. The highest BCUT2D eigenvalue weighted by Crippen LogP contribution is 2.13. The summed E-state index contributed by atoms with van der Waals surface area (Å²) in [6, 6.07) is 8.21. The van der Waals surface area contributed by atoms with Gasteiger partial charge in [0.05, 0.1) is 13.7 Å². The van der Waals surface area contributed by atoms with Crippen molar-refractivity contribution < 1.29 is 9.47 Å². The minimum absolute atomic E-state index is 0.752. The van der Waals surface area contributed by atoms with Gasteiger partial charge < -0.3 is 14.8 Å². The van der Waals surface area contributed by atoms with Crippen LogP contribution in [0.25, 0.3) is 0 Å². The molecular weight excluding hydrogens is 226 g/mol. The molecule has 0 radical (unpaired) electrons. The summed E-state index contributed by atoms with van der Waals surface area (Å²) in [5.41, 5.74) is 1.31. The van der Waals surface area contributed by atoms with Gasteiger partial charge in [-0.15, -0.1) is 0 Å². The third kappa shape index (κ3) is 4.31. The summed E-state index contributed by atoms with van der Waals surface area (Å²) in [4.78, 5) is 0. The van der Waals surface area contributed by atoms with E-state index in [2.05, 4.69) is 17.4 Å². The van der Waals surface area contributed by atoms with Crippen molar-refractivity contribution in [3.05, 3.63) is 29.8 Å². The molecule has 0 bridgehead atoms. The van der Waals surface area contributed by atoms with E-state index in [-0.39, 0.29) is 0 Å². The zero-order valence-electron chi connectivity index (χ0n) is 11.2. The number of hydrogen-bond donors (Lipinski definition) is 1. The largest absolute Gasteiger partial charge is 0.497 e. The monoisotopic (exact) mass is 249 g/mol. The lowest BCUT2D eigenvalue weighted by atomic mass is 9.99. The second-order valence-electron chi connectivity index (χ2n) is 4.87. The van der Waals surface area contributed by atoms with Gasteiger partial charge in [0, 0.05) is 6.61 Å². The van der Waals surface area contributed by atoms with Crippen LogP contribution in [-0.4, -0.2) is 33.4 Å². The molecule has 1 saturated heterocycles. The topological polar surface area (TPSA) is 30.5 Å². The summed E-state index contributed by atoms with van der Waals surface area (Å²) in [6.07, 6.45) is 3.49. The second-order valence-corrected chi connectivity index (χ2v) is 4.87. The molecule has 0 saturated carbocycles. The lowest BCUT2D eigenvalue weighted by molar-refractivity contribution is 0.0901. The summed E-state index contributed by atoms with van der Waals surface area (Å²) < 4.78 is 10.9. The van der Waals surface area contributed by atoms with Crippen molar-refractivity contribution in [3.8, 4) is 5.75 Å². The molecule has 100 valence electrons. The molecule has 1 heterocycles. The molecule has 3 heteroatoms. The standard InChI is InChI=1S/C15H23NO2/c1-17-15-4-2-13(3-5-15)8-11-18-12-14-6-9-16-10-7-14/h2-5,14,16H,6-12H2,1H3. The molecule has 0 aromatic heterocycles. The van der Waals surface area contributed by atoms with E-state index >= 15 is 0 Å². The smallest absolute Gasteiger partial charge is 0.118 e. The molecule has 1 aromatic rings. The van der Waals surface area contributed by atoms with Gasteiger partial charge in [-0.25, -0.2) is 0 Å². The minimum atomic E-state index is 0.752. The van der Waals surface area contributed by atoms with E-state index < -0.39 is 0 Å². The lowest BCUT2D eigenvalue weighted by Gasteiger charge is -2.22. The van der Waals surface area contributed by atoms with Gasteiger partial charge in [0.1, 0.15) is 5.75 Å². The molecule has 0 aliphatic carbocycles. The van der Waals surface area contributed by atoms with Crippen molar-refractivity contribution in [3.63, 3.8) is 0 Å². The first-order valence-corrected chi connectivity index (χ1v) is 6.80. The quantitative estimate of drug-likeness (QED) is 0.784. The van der Waals surface area contributed by atoms with Crippen LogP contribution in [0.1, 0.15) is 18.4 Å². The molecule has 3 nitrogen and oxygen atoms in total. The van der Waals surface area contributed by atoms with E-state index in [1.807, 2.05) is 12.1 Å². The molecule has 1 aliphatic heterocycles. The summed E-state index contributed by atoms with van der Waals surface area (Å²) in [6.45, 7) is 4.02. The van der Waals surface area contributed by atoms with Gasteiger partial charge in [-0.1, -0.05) is 12.1 Å². The fraction of sp³-hybridized carbons (Fsp3) is 0.600. The van der Waals surface area contributed by atoms with E-state index in [1.54, 1.807) is 7.11 Å². The molecule has 1 N–H and O–H groups in total. The Morgan fingerprint density at radius 1 is 1.17 bits per heavy atom. The van der Waals surface area contributed by atoms with Crippen molar-refractivity contribution in [1.82, 2.24) is 5.32 Å². The first-order valence-electron chi connectivity index (χ1n) is 6.80. The van der Waals surface area contributed by atoms with E-state index in [1.165, 1.54) is 18.4 Å². The maximum Gasteiger partial charge on any atom is 0.118 e. The Morgan fingerprint density at radius 2 is 1.89 bits per heavy atom. The number of piperidine rings is 1. The van der Waals surface area contributed by atoms with E-state index in [0.29, 0.717) is 0 Å². The van der Waals surface area contributed by atoms with Crippen LogP contribution in [0.3, 0.4) is 0 Å². The summed E-state index contributed by atoms with van der Waals surface area (Å²) >= 11 is 0. The SMILES string of the molecule is COc1ccc(CCOCC2CCNCC2)cc1. The van der Waals surface area contributed by atoms with Crippen molar-refractivity contribution in [1.29, 1.82) is 0 Å². The van der Waals surface area contributed by atoms with E-state index in [0.717, 1.165) is 44.4 Å². The van der Waals surface area contributed by atoms with Gasteiger partial charge in [-0.05, 0) is 56.0 Å². The minimum Gasteiger partial charge on any atom is -0.497 e. The molecule has 0 atom stereocenters. The van der Waals surface area contributed by atoms with Gasteiger partial charge in [-0.3, -0.25) is 0 Å². The predicted molar refractivity (Wildman–Crippen MR) is 73.1 cm³/mol. The average molecular weight is 249 g/mol. The molecule has 0 spiro atoms.